The molecule has 1 N–H and O–H groups in total. The van der Waals surface area contributed by atoms with Crippen molar-refractivity contribution in [2.24, 2.45) is 0 Å². The molecule has 1 aromatic rings. The number of hydrogen-bond acceptors (Lipinski definition) is 5. The summed E-state index contributed by atoms with van der Waals surface area (Å²) in [5.41, 5.74) is 0.954. The summed E-state index contributed by atoms with van der Waals surface area (Å²) in [5, 5.41) is 13.9. The number of carbonyl (C=O) groups excluding carboxylic acids is 2. The number of benzene rings is 1. The zero-order valence-corrected chi connectivity index (χ0v) is 13.9. The smallest absolute Gasteiger partial charge is 0.548 e. The molecule has 102 valence electrons. The van der Waals surface area contributed by atoms with Crippen molar-refractivity contribution >= 4 is 11.9 Å². The van der Waals surface area contributed by atoms with Crippen molar-refractivity contribution in [2.45, 2.75) is 19.9 Å². The van der Waals surface area contributed by atoms with Crippen LogP contribution in [-0.4, -0.2) is 18.5 Å². The van der Waals surface area contributed by atoms with Gasteiger partial charge in [0.2, 0.25) is 0 Å². The van der Waals surface area contributed by atoms with E-state index in [1.807, 2.05) is 0 Å². The fourth-order valence-electron chi connectivity index (χ4n) is 1.55. The second kappa shape index (κ2) is 9.58. The van der Waals surface area contributed by atoms with E-state index in [4.69, 9.17) is 4.74 Å². The van der Waals surface area contributed by atoms with Crippen molar-refractivity contribution in [3.8, 4) is 0 Å². The molecule has 1 rings (SSSR count). The van der Waals surface area contributed by atoms with Crippen LogP contribution in [0.25, 0.3) is 0 Å². The number of hydrogen-bond donors (Lipinski definition) is 1. The number of carbonyl (C=O) groups is 2. The number of nitrogens with one attached hydrogen (secondary N) is 1. The largest absolute Gasteiger partial charge is 1.00 e. The van der Waals surface area contributed by atoms with Gasteiger partial charge in [-0.1, -0.05) is 30.3 Å². The average Bonchev–Trinajstić information content (AvgIpc) is 2.37. The summed E-state index contributed by atoms with van der Waals surface area (Å²) >= 11 is 0. The van der Waals surface area contributed by atoms with Crippen LogP contribution in [0.15, 0.2) is 42.1 Å². The predicted octanol–water partition coefficient (Wildman–Crippen LogP) is -2.46. The molecule has 20 heavy (non-hydrogen) atoms. The van der Waals surface area contributed by atoms with Crippen LogP contribution >= 0.6 is 0 Å². The summed E-state index contributed by atoms with van der Waals surface area (Å²) < 4.78 is 4.74. The van der Waals surface area contributed by atoms with E-state index >= 15 is 0 Å². The zero-order valence-electron chi connectivity index (χ0n) is 11.9. The minimum Gasteiger partial charge on any atom is -0.548 e. The topological polar surface area (TPSA) is 78.5 Å². The molecule has 1 aromatic carbocycles. The maximum absolute atomic E-state index is 11.2. The number of carboxylic acid groups (broad SMARTS) is 1. The molecule has 0 aliphatic heterocycles. The Balaban J connectivity index is 0.00000361. The second-order valence-electron chi connectivity index (χ2n) is 3.89. The third kappa shape index (κ3) is 6.23. The Labute approximate surface area is 140 Å². The van der Waals surface area contributed by atoms with Crippen molar-refractivity contribution in [1.82, 2.24) is 5.32 Å². The van der Waals surface area contributed by atoms with Gasteiger partial charge >= 0.3 is 35.5 Å². The Kier molecular flexibility index (Phi) is 8.96. The van der Waals surface area contributed by atoms with Gasteiger partial charge in [-0.3, -0.25) is 0 Å². The molecule has 6 heteroatoms. The fraction of sp³-hybridized carbons (Fsp3) is 0.286. The van der Waals surface area contributed by atoms with Gasteiger partial charge in [0.15, 0.2) is 0 Å². The van der Waals surface area contributed by atoms with Gasteiger partial charge in [0.25, 0.3) is 0 Å². The number of carboxylic acids is 1. The summed E-state index contributed by atoms with van der Waals surface area (Å²) in [6.07, 6.45) is 1.21. The van der Waals surface area contributed by atoms with Crippen molar-refractivity contribution in [2.75, 3.05) is 6.61 Å². The molecule has 1 atom stereocenters. The number of allylic oxidation sites excluding steroid dienone is 1. The Bertz CT molecular complexity index is 473. The molecule has 0 saturated heterocycles. The van der Waals surface area contributed by atoms with Gasteiger partial charge in [0, 0.05) is 11.8 Å². The SMILES string of the molecule is CCOC(=O)/C=C(/C)N[C@@H](C(=O)[O-])c1ccccc1.[Na+]. The molecule has 0 aliphatic rings. The molecule has 0 aliphatic carbocycles. The van der Waals surface area contributed by atoms with E-state index in [1.54, 1.807) is 44.2 Å². The minimum absolute atomic E-state index is 0. The first-order valence-corrected chi connectivity index (χ1v) is 5.92. The first-order valence-electron chi connectivity index (χ1n) is 5.92. The third-order valence-corrected chi connectivity index (χ3v) is 2.36. The Morgan fingerprint density at radius 3 is 2.45 bits per heavy atom. The van der Waals surface area contributed by atoms with Crippen molar-refractivity contribution in [1.29, 1.82) is 0 Å². The van der Waals surface area contributed by atoms with Crippen LogP contribution in [0.4, 0.5) is 0 Å². The van der Waals surface area contributed by atoms with E-state index in [2.05, 4.69) is 5.32 Å². The van der Waals surface area contributed by atoms with Crippen LogP contribution in [0.3, 0.4) is 0 Å². The van der Waals surface area contributed by atoms with Gasteiger partial charge in [-0.15, -0.1) is 0 Å². The summed E-state index contributed by atoms with van der Waals surface area (Å²) in [6.45, 7) is 3.56. The van der Waals surface area contributed by atoms with Gasteiger partial charge in [-0.2, -0.15) is 0 Å². The molecular formula is C14H16NNaO4. The van der Waals surface area contributed by atoms with E-state index in [0.717, 1.165) is 0 Å². The Hall–Kier alpha value is -1.30. The number of aliphatic carboxylic acids is 1. The van der Waals surface area contributed by atoms with Crippen LogP contribution < -0.4 is 40.0 Å². The molecule has 0 unspecified atom stereocenters. The fourth-order valence-corrected chi connectivity index (χ4v) is 1.55. The van der Waals surface area contributed by atoms with E-state index in [0.29, 0.717) is 11.3 Å². The number of rotatable bonds is 6. The molecule has 0 radical (unpaired) electrons. The summed E-state index contributed by atoms with van der Waals surface area (Å²) in [4.78, 5) is 22.4. The average molecular weight is 285 g/mol. The van der Waals surface area contributed by atoms with Gasteiger partial charge in [0.1, 0.15) is 0 Å². The van der Waals surface area contributed by atoms with Crippen LogP contribution in [0, 0.1) is 0 Å². The van der Waals surface area contributed by atoms with Crippen molar-refractivity contribution in [3.63, 3.8) is 0 Å². The summed E-state index contributed by atoms with van der Waals surface area (Å²) in [6, 6.07) is 7.59. The molecule has 0 heterocycles. The first-order chi connectivity index (χ1) is 9.04. The number of ether oxygens (including phenoxy) is 1. The van der Waals surface area contributed by atoms with Crippen LogP contribution in [0.5, 0.6) is 0 Å². The van der Waals surface area contributed by atoms with Crippen LogP contribution in [0.2, 0.25) is 0 Å². The molecule has 0 fully saturated rings. The van der Waals surface area contributed by atoms with Crippen molar-refractivity contribution in [3.05, 3.63) is 47.7 Å². The molecule has 0 bridgehead atoms. The van der Waals surface area contributed by atoms with E-state index in [9.17, 15) is 14.7 Å². The maximum atomic E-state index is 11.2. The number of esters is 1. The predicted molar refractivity (Wildman–Crippen MR) is 67.7 cm³/mol. The molecule has 0 spiro atoms. The van der Waals surface area contributed by atoms with Gasteiger partial charge in [0.05, 0.1) is 18.6 Å². The van der Waals surface area contributed by atoms with Gasteiger partial charge < -0.3 is 20.0 Å². The standard InChI is InChI=1S/C14H17NO4.Na/c1-3-19-12(16)9-10(2)15-13(14(17)18)11-7-5-4-6-8-11;/h4-9,13,15H,3H2,1-2H3,(H,17,18);/q;+1/p-1/b10-9-;/t13-;/m1./s1. The third-order valence-electron chi connectivity index (χ3n) is 2.36. The van der Waals surface area contributed by atoms with Crippen molar-refractivity contribution < 1.29 is 49.0 Å². The van der Waals surface area contributed by atoms with Crippen LogP contribution in [0.1, 0.15) is 25.5 Å². The van der Waals surface area contributed by atoms with E-state index < -0.39 is 18.0 Å². The molecule has 0 aromatic heterocycles. The Morgan fingerprint density at radius 2 is 1.95 bits per heavy atom. The van der Waals surface area contributed by atoms with E-state index in [1.165, 1.54) is 6.08 Å². The molecule has 0 saturated carbocycles. The first kappa shape index (κ1) is 18.7. The van der Waals surface area contributed by atoms with Gasteiger partial charge in [-0.05, 0) is 19.4 Å². The normalized spacial score (nSPS) is 12.0. The quantitative estimate of drug-likeness (QED) is 0.356. The summed E-state index contributed by atoms with van der Waals surface area (Å²) in [7, 11) is 0. The van der Waals surface area contributed by atoms with Gasteiger partial charge in [-0.25, -0.2) is 4.79 Å². The summed E-state index contributed by atoms with van der Waals surface area (Å²) in [5.74, 6) is -1.78. The molecular weight excluding hydrogens is 269 g/mol. The second-order valence-corrected chi connectivity index (χ2v) is 3.89. The Morgan fingerprint density at radius 1 is 1.35 bits per heavy atom. The molecule has 0 amide bonds. The molecule has 5 nitrogen and oxygen atoms in total. The van der Waals surface area contributed by atoms with E-state index in [-0.39, 0.29) is 36.2 Å². The minimum atomic E-state index is -1.26. The monoisotopic (exact) mass is 285 g/mol. The zero-order chi connectivity index (χ0) is 14.3. The van der Waals surface area contributed by atoms with Crippen LogP contribution in [-0.2, 0) is 14.3 Å². The maximum Gasteiger partial charge on any atom is 1.00 e.